The summed E-state index contributed by atoms with van der Waals surface area (Å²) in [5.74, 6) is 0. The number of benzene rings is 1. The second-order valence-corrected chi connectivity index (χ2v) is 2.33. The van der Waals surface area contributed by atoms with Crippen molar-refractivity contribution in [2.45, 2.75) is 20.8 Å². The predicted molar refractivity (Wildman–Crippen MR) is 60.2 cm³/mol. The molecule has 78 valence electrons. The highest BCUT2D eigenvalue weighted by molar-refractivity contribution is 5.35. The third-order valence-corrected chi connectivity index (χ3v) is 1.27. The van der Waals surface area contributed by atoms with Crippen LogP contribution in [0.2, 0.25) is 0 Å². The lowest BCUT2D eigenvalue weighted by Crippen LogP contribution is -1.77. The Bertz CT molecular complexity index is 263. The molecule has 0 radical (unpaired) electrons. The van der Waals surface area contributed by atoms with E-state index >= 15 is 0 Å². The molecule has 0 unspecified atom stereocenters. The van der Waals surface area contributed by atoms with Gasteiger partial charge < -0.3 is 4.74 Å². The molecule has 0 saturated heterocycles. The SMILES string of the molecule is CC.COC.Cc1ccccc1C#N. The molecule has 0 spiro atoms. The molecule has 1 aromatic rings. The monoisotopic (exact) mass is 193 g/mol. The van der Waals surface area contributed by atoms with Crippen LogP contribution in [0.25, 0.3) is 0 Å². The maximum absolute atomic E-state index is 8.47. The maximum Gasteiger partial charge on any atom is 0.0994 e. The van der Waals surface area contributed by atoms with Crippen LogP contribution >= 0.6 is 0 Å². The summed E-state index contributed by atoms with van der Waals surface area (Å²) in [4.78, 5) is 0. The summed E-state index contributed by atoms with van der Waals surface area (Å²) in [7, 11) is 3.25. The Hall–Kier alpha value is -1.33. The van der Waals surface area contributed by atoms with E-state index in [1.807, 2.05) is 45.0 Å². The van der Waals surface area contributed by atoms with Gasteiger partial charge in [-0.2, -0.15) is 5.26 Å². The van der Waals surface area contributed by atoms with E-state index in [-0.39, 0.29) is 0 Å². The van der Waals surface area contributed by atoms with E-state index in [1.54, 1.807) is 14.2 Å². The third-order valence-electron chi connectivity index (χ3n) is 1.27. The van der Waals surface area contributed by atoms with E-state index in [1.165, 1.54) is 0 Å². The summed E-state index contributed by atoms with van der Waals surface area (Å²) in [6.07, 6.45) is 0. The Morgan fingerprint density at radius 1 is 1.14 bits per heavy atom. The normalized spacial score (nSPS) is 7.14. The minimum Gasteiger partial charge on any atom is -0.388 e. The lowest BCUT2D eigenvalue weighted by atomic mass is 10.1. The zero-order valence-corrected chi connectivity index (χ0v) is 9.66. The van der Waals surface area contributed by atoms with Crippen LogP contribution in [0.3, 0.4) is 0 Å². The molecule has 14 heavy (non-hydrogen) atoms. The van der Waals surface area contributed by atoms with Crippen molar-refractivity contribution < 1.29 is 4.74 Å². The number of methoxy groups -OCH3 is 1. The molecule has 0 saturated carbocycles. The van der Waals surface area contributed by atoms with Crippen molar-refractivity contribution in [2.24, 2.45) is 0 Å². The van der Waals surface area contributed by atoms with Crippen LogP contribution in [0.4, 0.5) is 0 Å². The Kier molecular flexibility index (Phi) is 12.6. The van der Waals surface area contributed by atoms with Crippen molar-refractivity contribution in [2.75, 3.05) is 14.2 Å². The molecule has 0 bridgehead atoms. The van der Waals surface area contributed by atoms with Gasteiger partial charge in [0.15, 0.2) is 0 Å². The Balaban J connectivity index is 0. The Morgan fingerprint density at radius 2 is 1.57 bits per heavy atom. The Labute approximate surface area is 87.1 Å². The average Bonchev–Trinajstić information content (AvgIpc) is 2.23. The summed E-state index contributed by atoms with van der Waals surface area (Å²) < 4.78 is 4.25. The minimum absolute atomic E-state index is 0.762. The molecule has 2 heteroatoms. The molecule has 0 aliphatic carbocycles. The van der Waals surface area contributed by atoms with Crippen molar-refractivity contribution in [1.82, 2.24) is 0 Å². The highest BCUT2D eigenvalue weighted by Crippen LogP contribution is 2.03. The second-order valence-electron chi connectivity index (χ2n) is 2.33. The first-order chi connectivity index (χ1) is 6.76. The van der Waals surface area contributed by atoms with Crippen LogP contribution in [-0.2, 0) is 4.74 Å². The molecular weight excluding hydrogens is 174 g/mol. The molecule has 2 nitrogen and oxygen atoms in total. The van der Waals surface area contributed by atoms with Crippen molar-refractivity contribution >= 4 is 0 Å². The van der Waals surface area contributed by atoms with Gasteiger partial charge in [0, 0.05) is 14.2 Å². The van der Waals surface area contributed by atoms with Gasteiger partial charge in [0.1, 0.15) is 0 Å². The van der Waals surface area contributed by atoms with Gasteiger partial charge in [0.05, 0.1) is 11.6 Å². The molecule has 0 N–H and O–H groups in total. The van der Waals surface area contributed by atoms with Gasteiger partial charge in [-0.1, -0.05) is 32.0 Å². The zero-order valence-electron chi connectivity index (χ0n) is 9.66. The van der Waals surface area contributed by atoms with E-state index in [0.717, 1.165) is 11.1 Å². The lowest BCUT2D eigenvalue weighted by Gasteiger charge is -1.90. The molecule has 0 amide bonds. The molecule has 0 aliphatic rings. The molecular formula is C12H19NO. The fourth-order valence-corrected chi connectivity index (χ4v) is 0.698. The highest BCUT2D eigenvalue weighted by Gasteiger charge is 1.89. The molecule has 1 aromatic carbocycles. The van der Waals surface area contributed by atoms with Crippen LogP contribution in [0.1, 0.15) is 25.0 Å². The maximum atomic E-state index is 8.47. The topological polar surface area (TPSA) is 33.0 Å². The first-order valence-corrected chi connectivity index (χ1v) is 4.62. The number of hydrogen-bond donors (Lipinski definition) is 0. The standard InChI is InChI=1S/C8H7N.C2H6O.C2H6/c1-7-4-2-3-5-8(7)6-9;1-3-2;1-2/h2-5H,1H3;1-2H3;1-2H3. The van der Waals surface area contributed by atoms with Gasteiger partial charge in [-0.05, 0) is 18.6 Å². The summed E-state index contributed by atoms with van der Waals surface area (Å²) in [6, 6.07) is 9.63. The average molecular weight is 193 g/mol. The van der Waals surface area contributed by atoms with Crippen LogP contribution in [0.5, 0.6) is 0 Å². The summed E-state index contributed by atoms with van der Waals surface area (Å²) in [6.45, 7) is 5.93. The lowest BCUT2D eigenvalue weighted by molar-refractivity contribution is 0.277. The largest absolute Gasteiger partial charge is 0.388 e. The first kappa shape index (κ1) is 15.2. The molecule has 0 heterocycles. The van der Waals surface area contributed by atoms with Crippen LogP contribution in [0.15, 0.2) is 24.3 Å². The van der Waals surface area contributed by atoms with Gasteiger partial charge in [-0.25, -0.2) is 0 Å². The van der Waals surface area contributed by atoms with E-state index in [0.29, 0.717) is 0 Å². The van der Waals surface area contributed by atoms with Gasteiger partial charge >= 0.3 is 0 Å². The minimum atomic E-state index is 0.762. The molecule has 1 rings (SSSR count). The highest BCUT2D eigenvalue weighted by atomic mass is 16.4. The fourth-order valence-electron chi connectivity index (χ4n) is 0.698. The van der Waals surface area contributed by atoms with Gasteiger partial charge in [-0.15, -0.1) is 0 Å². The number of nitriles is 1. The third kappa shape index (κ3) is 7.33. The summed E-state index contributed by atoms with van der Waals surface area (Å²) in [5, 5.41) is 8.47. The second kappa shape index (κ2) is 11.7. The van der Waals surface area contributed by atoms with Gasteiger partial charge in [-0.3, -0.25) is 0 Å². The zero-order chi connectivity index (χ0) is 11.4. The quantitative estimate of drug-likeness (QED) is 0.634. The van der Waals surface area contributed by atoms with E-state index in [2.05, 4.69) is 10.8 Å². The molecule has 0 fully saturated rings. The van der Waals surface area contributed by atoms with Crippen molar-refractivity contribution in [3.8, 4) is 6.07 Å². The summed E-state index contributed by atoms with van der Waals surface area (Å²) >= 11 is 0. The smallest absolute Gasteiger partial charge is 0.0994 e. The number of rotatable bonds is 0. The predicted octanol–water partition coefficient (Wildman–Crippen LogP) is 3.16. The number of ether oxygens (including phenoxy) is 1. The Morgan fingerprint density at radius 3 is 1.86 bits per heavy atom. The van der Waals surface area contributed by atoms with Crippen molar-refractivity contribution in [3.63, 3.8) is 0 Å². The molecule has 0 aromatic heterocycles. The van der Waals surface area contributed by atoms with E-state index in [9.17, 15) is 0 Å². The molecule has 0 aliphatic heterocycles. The summed E-state index contributed by atoms with van der Waals surface area (Å²) in [5.41, 5.74) is 1.80. The van der Waals surface area contributed by atoms with Crippen molar-refractivity contribution in [3.05, 3.63) is 35.4 Å². The first-order valence-electron chi connectivity index (χ1n) is 4.62. The number of hydrogen-bond acceptors (Lipinski definition) is 2. The fraction of sp³-hybridized carbons (Fsp3) is 0.417. The van der Waals surface area contributed by atoms with Crippen molar-refractivity contribution in [1.29, 1.82) is 5.26 Å². The van der Waals surface area contributed by atoms with E-state index in [4.69, 9.17) is 5.26 Å². The number of aryl methyl sites for hydroxylation is 1. The van der Waals surface area contributed by atoms with Gasteiger partial charge in [0.25, 0.3) is 0 Å². The van der Waals surface area contributed by atoms with Crippen LogP contribution in [0, 0.1) is 18.3 Å². The number of nitrogens with zero attached hydrogens (tertiary/aromatic N) is 1. The molecule has 0 atom stereocenters. The van der Waals surface area contributed by atoms with Crippen LogP contribution < -0.4 is 0 Å². The van der Waals surface area contributed by atoms with Gasteiger partial charge in [0.2, 0.25) is 0 Å². The van der Waals surface area contributed by atoms with Crippen LogP contribution in [-0.4, -0.2) is 14.2 Å². The van der Waals surface area contributed by atoms with E-state index < -0.39 is 0 Å².